The van der Waals surface area contributed by atoms with Gasteiger partial charge in [-0.25, -0.2) is 0 Å². The molecule has 1 saturated heterocycles. The second-order valence-corrected chi connectivity index (χ2v) is 10.8. The zero-order valence-corrected chi connectivity index (χ0v) is 24.4. The predicted octanol–water partition coefficient (Wildman–Crippen LogP) is 7.24. The average molecular weight is 645 g/mol. The third-order valence-corrected chi connectivity index (χ3v) is 7.61. The van der Waals surface area contributed by atoms with E-state index in [1.54, 1.807) is 18.2 Å². The van der Waals surface area contributed by atoms with E-state index in [1.807, 2.05) is 98.8 Å². The maximum atomic E-state index is 13.8. The van der Waals surface area contributed by atoms with E-state index in [2.05, 4.69) is 22.6 Å². The Balaban J connectivity index is 1.46. The number of hydrogen-bond donors (Lipinski definition) is 0. The van der Waals surface area contributed by atoms with Gasteiger partial charge in [0, 0.05) is 3.57 Å². The van der Waals surface area contributed by atoms with Crippen LogP contribution in [0.1, 0.15) is 22.3 Å². The molecule has 4 aromatic carbocycles. The van der Waals surface area contributed by atoms with Gasteiger partial charge in [-0.05, 0) is 126 Å². The van der Waals surface area contributed by atoms with Gasteiger partial charge < -0.3 is 4.74 Å². The summed E-state index contributed by atoms with van der Waals surface area (Å²) in [5.41, 5.74) is 5.14. The summed E-state index contributed by atoms with van der Waals surface area (Å²) in [7, 11) is 0. The van der Waals surface area contributed by atoms with E-state index in [-0.39, 0.29) is 10.7 Å². The van der Waals surface area contributed by atoms with E-state index in [0.29, 0.717) is 29.3 Å². The number of nitrogens with zero attached hydrogens (tertiary/aromatic N) is 2. The minimum Gasteiger partial charge on any atom is -0.489 e. The zero-order chi connectivity index (χ0) is 27.5. The van der Waals surface area contributed by atoms with Crippen LogP contribution in [0.15, 0.2) is 103 Å². The van der Waals surface area contributed by atoms with Gasteiger partial charge in [-0.3, -0.25) is 19.4 Å². The Bertz CT molecular complexity index is 1580. The molecule has 39 heavy (non-hydrogen) atoms. The highest BCUT2D eigenvalue weighted by Gasteiger charge is 2.41. The molecular weight excluding hydrogens is 619 g/mol. The lowest BCUT2D eigenvalue weighted by molar-refractivity contribution is -0.120. The Hall–Kier alpha value is -3.82. The molecule has 1 fully saturated rings. The van der Waals surface area contributed by atoms with E-state index < -0.39 is 11.8 Å². The van der Waals surface area contributed by atoms with Gasteiger partial charge in [0.1, 0.15) is 17.9 Å². The number of carbonyl (C=O) groups is 2. The van der Waals surface area contributed by atoms with Gasteiger partial charge >= 0.3 is 0 Å². The molecule has 0 N–H and O–H groups in total. The van der Waals surface area contributed by atoms with E-state index >= 15 is 0 Å². The molecule has 0 atom stereocenters. The summed E-state index contributed by atoms with van der Waals surface area (Å²) in [5.74, 6) is -0.226. The lowest BCUT2D eigenvalue weighted by atomic mass is 10.0. The molecule has 1 aliphatic heterocycles. The minimum atomic E-state index is -0.463. The summed E-state index contributed by atoms with van der Waals surface area (Å²) in [5, 5.41) is 0.121. The fourth-order valence-corrected chi connectivity index (χ4v) is 4.94. The van der Waals surface area contributed by atoms with Crippen molar-refractivity contribution in [3.8, 4) is 5.75 Å². The number of carbonyl (C=O) groups excluding carboxylic acids is 2. The molecule has 4 aromatic rings. The largest absolute Gasteiger partial charge is 0.489 e. The molecule has 0 spiro atoms. The molecule has 0 saturated carbocycles. The second kappa shape index (κ2) is 11.5. The van der Waals surface area contributed by atoms with Crippen LogP contribution in [0.2, 0.25) is 0 Å². The van der Waals surface area contributed by atoms with E-state index in [9.17, 15) is 9.59 Å². The van der Waals surface area contributed by atoms with Crippen molar-refractivity contribution in [3.05, 3.63) is 128 Å². The Morgan fingerprint density at radius 1 is 0.769 bits per heavy atom. The van der Waals surface area contributed by atoms with Crippen molar-refractivity contribution < 1.29 is 14.3 Å². The number of rotatable bonds is 6. The van der Waals surface area contributed by atoms with Crippen LogP contribution in [0, 0.1) is 17.4 Å². The molecule has 5 rings (SSSR count). The zero-order valence-electron chi connectivity index (χ0n) is 21.4. The normalized spacial score (nSPS) is 14.7. The number of amides is 2. The average Bonchev–Trinajstić information content (AvgIpc) is 2.94. The maximum absolute atomic E-state index is 13.8. The first kappa shape index (κ1) is 26.8. The summed E-state index contributed by atoms with van der Waals surface area (Å²) in [6.45, 7) is 4.44. The van der Waals surface area contributed by atoms with Crippen molar-refractivity contribution in [1.29, 1.82) is 0 Å². The first-order valence-corrected chi connectivity index (χ1v) is 13.8. The number of benzene rings is 4. The van der Waals surface area contributed by atoms with Crippen molar-refractivity contribution in [1.82, 2.24) is 0 Å². The number of thiocarbonyl (C=S) groups is 1. The molecule has 1 aliphatic rings. The Morgan fingerprint density at radius 2 is 1.41 bits per heavy atom. The molecule has 7 heteroatoms. The van der Waals surface area contributed by atoms with Gasteiger partial charge in [-0.2, -0.15) is 0 Å². The number of aryl methyl sites for hydroxylation is 2. The molecule has 194 valence electrons. The van der Waals surface area contributed by atoms with Gasteiger partial charge in [-0.15, -0.1) is 0 Å². The lowest BCUT2D eigenvalue weighted by Gasteiger charge is -2.36. The fourth-order valence-electron chi connectivity index (χ4n) is 4.20. The van der Waals surface area contributed by atoms with Gasteiger partial charge in [0.15, 0.2) is 5.11 Å². The van der Waals surface area contributed by atoms with Crippen molar-refractivity contribution in [2.45, 2.75) is 20.5 Å². The van der Waals surface area contributed by atoms with E-state index in [0.717, 1.165) is 16.7 Å². The van der Waals surface area contributed by atoms with Crippen LogP contribution in [0.4, 0.5) is 11.4 Å². The topological polar surface area (TPSA) is 49.9 Å². The monoisotopic (exact) mass is 644 g/mol. The number of hydrogen-bond acceptors (Lipinski definition) is 4. The van der Waals surface area contributed by atoms with Crippen LogP contribution in [0.25, 0.3) is 6.08 Å². The molecule has 1 heterocycles. The molecule has 0 unspecified atom stereocenters. The van der Waals surface area contributed by atoms with Crippen LogP contribution in [0.3, 0.4) is 0 Å². The number of para-hydroxylation sites is 1. The number of ether oxygens (including phenoxy) is 1. The van der Waals surface area contributed by atoms with Crippen LogP contribution in [-0.4, -0.2) is 16.9 Å². The molecule has 5 nitrogen and oxygen atoms in total. The summed E-state index contributed by atoms with van der Waals surface area (Å²) >= 11 is 7.99. The lowest BCUT2D eigenvalue weighted by Crippen LogP contribution is -2.57. The fraction of sp³-hybridized carbons (Fsp3) is 0.0938. The summed E-state index contributed by atoms with van der Waals surface area (Å²) in [6.07, 6.45) is 1.61. The summed E-state index contributed by atoms with van der Waals surface area (Å²) < 4.78 is 7.08. The highest BCUT2D eigenvalue weighted by molar-refractivity contribution is 14.1. The number of halogens is 1. The molecule has 0 aromatic heterocycles. The van der Waals surface area contributed by atoms with Crippen molar-refractivity contribution >= 4 is 69.2 Å². The van der Waals surface area contributed by atoms with Crippen LogP contribution < -0.4 is 14.5 Å². The van der Waals surface area contributed by atoms with Crippen LogP contribution >= 0.6 is 34.8 Å². The Kier molecular flexibility index (Phi) is 7.90. The van der Waals surface area contributed by atoms with Gasteiger partial charge in [-0.1, -0.05) is 48.5 Å². The SMILES string of the molecule is Cc1ccc(N2C(=O)/C(=C\c3ccc(OCc4ccc(I)cc4)cc3)C(=O)N(c3ccccc3)C2=S)cc1C. The molecule has 0 aliphatic carbocycles. The Morgan fingerprint density at radius 3 is 2.05 bits per heavy atom. The first-order valence-electron chi connectivity index (χ1n) is 12.4. The summed E-state index contributed by atoms with van der Waals surface area (Å²) in [6, 6.07) is 30.3. The van der Waals surface area contributed by atoms with Crippen LogP contribution in [0.5, 0.6) is 5.75 Å². The predicted molar refractivity (Wildman–Crippen MR) is 168 cm³/mol. The van der Waals surface area contributed by atoms with Crippen LogP contribution in [-0.2, 0) is 16.2 Å². The third kappa shape index (κ3) is 5.79. The van der Waals surface area contributed by atoms with E-state index in [4.69, 9.17) is 17.0 Å². The standard InChI is InChI=1S/C32H25IN2O3S/c1-21-8-15-27(18-22(21)2)35-31(37)29(30(36)34(32(35)39)26-6-4-3-5-7-26)19-23-11-16-28(17-12-23)38-20-24-9-13-25(33)14-10-24/h3-19H,20H2,1-2H3/b29-19-. The van der Waals surface area contributed by atoms with Gasteiger partial charge in [0.2, 0.25) is 0 Å². The van der Waals surface area contributed by atoms with Gasteiger partial charge in [0.05, 0.1) is 11.4 Å². The molecule has 0 radical (unpaired) electrons. The Labute approximate surface area is 246 Å². The smallest absolute Gasteiger partial charge is 0.270 e. The quantitative estimate of drug-likeness (QED) is 0.0962. The maximum Gasteiger partial charge on any atom is 0.270 e. The molecule has 2 amide bonds. The first-order chi connectivity index (χ1) is 18.8. The number of anilines is 2. The van der Waals surface area contributed by atoms with Crippen molar-refractivity contribution in [2.24, 2.45) is 0 Å². The third-order valence-electron chi connectivity index (χ3n) is 6.52. The molecule has 0 bridgehead atoms. The highest BCUT2D eigenvalue weighted by Crippen LogP contribution is 2.31. The van der Waals surface area contributed by atoms with Crippen molar-refractivity contribution in [3.63, 3.8) is 0 Å². The highest BCUT2D eigenvalue weighted by atomic mass is 127. The second-order valence-electron chi connectivity index (χ2n) is 9.21. The van der Waals surface area contributed by atoms with Gasteiger partial charge in [0.25, 0.3) is 11.8 Å². The minimum absolute atomic E-state index is 0.0261. The van der Waals surface area contributed by atoms with E-state index in [1.165, 1.54) is 13.4 Å². The van der Waals surface area contributed by atoms with Crippen molar-refractivity contribution in [2.75, 3.05) is 9.80 Å². The molecular formula is C32H25IN2O3S. The summed E-state index contributed by atoms with van der Waals surface area (Å²) in [4.78, 5) is 30.3.